The second-order valence-electron chi connectivity index (χ2n) is 3.18. The van der Waals surface area contributed by atoms with Gasteiger partial charge in [0, 0.05) is 11.1 Å². The third-order valence-corrected chi connectivity index (χ3v) is 2.08. The van der Waals surface area contributed by atoms with E-state index in [2.05, 4.69) is 11.7 Å². The second kappa shape index (κ2) is 4.50. The minimum atomic E-state index is 0.00278. The smallest absolute Gasteiger partial charge is 0.128 e. The van der Waals surface area contributed by atoms with Gasteiger partial charge >= 0.3 is 0 Å². The Hall–Kier alpha value is -1.97. The van der Waals surface area contributed by atoms with Crippen LogP contribution in [0.15, 0.2) is 29.9 Å². The average molecular weight is 207 g/mol. The summed E-state index contributed by atoms with van der Waals surface area (Å²) in [4.78, 5) is 0. The molecule has 4 nitrogen and oxygen atoms in total. The third-order valence-electron chi connectivity index (χ3n) is 2.08. The molecule has 0 spiro atoms. The maximum atomic E-state index is 9.80. The van der Waals surface area contributed by atoms with Crippen LogP contribution in [-0.4, -0.2) is 21.1 Å². The molecule has 0 bridgehead atoms. The average Bonchev–Trinajstić information content (AvgIpc) is 2.22. The quantitative estimate of drug-likeness (QED) is 0.233. The number of phenolic OH excluding ortho intramolecular Hbond substituents is 2. The first-order valence-electron chi connectivity index (χ1n) is 4.45. The summed E-state index contributed by atoms with van der Waals surface area (Å²) in [7, 11) is 0. The van der Waals surface area contributed by atoms with Crippen molar-refractivity contribution in [3.63, 3.8) is 0 Å². The van der Waals surface area contributed by atoms with E-state index in [1.165, 1.54) is 19.1 Å². The fourth-order valence-electron chi connectivity index (χ4n) is 1.32. The number of hydrogen-bond acceptors (Lipinski definition) is 4. The summed E-state index contributed by atoms with van der Waals surface area (Å²) < 4.78 is 0. The lowest BCUT2D eigenvalue weighted by molar-refractivity contribution is 0.318. The van der Waals surface area contributed by atoms with Crippen molar-refractivity contribution in [2.24, 2.45) is 5.16 Å². The van der Waals surface area contributed by atoms with Crippen molar-refractivity contribution < 1.29 is 15.4 Å². The zero-order valence-electron chi connectivity index (χ0n) is 8.44. The molecular formula is C11H13NO3. The summed E-state index contributed by atoms with van der Waals surface area (Å²) in [6.07, 6.45) is 2.05. The monoisotopic (exact) mass is 207 g/mol. The Morgan fingerprint density at radius 2 is 2.13 bits per heavy atom. The van der Waals surface area contributed by atoms with Gasteiger partial charge in [0.2, 0.25) is 0 Å². The number of benzene rings is 1. The van der Waals surface area contributed by atoms with E-state index in [1.54, 1.807) is 6.08 Å². The van der Waals surface area contributed by atoms with Crippen LogP contribution in [0.2, 0.25) is 0 Å². The van der Waals surface area contributed by atoms with Gasteiger partial charge in [0.1, 0.15) is 11.5 Å². The normalized spacial score (nSPS) is 11.4. The number of nitrogens with zero attached hydrogens (tertiary/aromatic N) is 1. The van der Waals surface area contributed by atoms with Gasteiger partial charge in [0.15, 0.2) is 0 Å². The van der Waals surface area contributed by atoms with Crippen molar-refractivity contribution in [1.82, 2.24) is 0 Å². The highest BCUT2D eigenvalue weighted by atomic mass is 16.4. The number of oxime groups is 1. The molecule has 0 aliphatic heterocycles. The SMILES string of the molecule is C=CCc1cc(O)cc(/C(C)=N/O)c1O. The van der Waals surface area contributed by atoms with E-state index in [9.17, 15) is 10.2 Å². The van der Waals surface area contributed by atoms with E-state index in [0.717, 1.165) is 0 Å². The summed E-state index contributed by atoms with van der Waals surface area (Å²) in [5.74, 6) is 0.0191. The van der Waals surface area contributed by atoms with Crippen molar-refractivity contribution in [3.8, 4) is 11.5 Å². The minimum absolute atomic E-state index is 0.00278. The molecule has 0 fully saturated rings. The van der Waals surface area contributed by atoms with Crippen LogP contribution in [0.25, 0.3) is 0 Å². The molecule has 0 unspecified atom stereocenters. The molecule has 0 atom stereocenters. The van der Waals surface area contributed by atoms with Gasteiger partial charge in [-0.05, 0) is 25.5 Å². The Morgan fingerprint density at radius 3 is 2.67 bits per heavy atom. The number of rotatable bonds is 3. The highest BCUT2D eigenvalue weighted by molar-refractivity contribution is 6.01. The highest BCUT2D eigenvalue weighted by Gasteiger charge is 2.11. The fourth-order valence-corrected chi connectivity index (χ4v) is 1.32. The summed E-state index contributed by atoms with van der Waals surface area (Å²) in [6.45, 7) is 5.08. The summed E-state index contributed by atoms with van der Waals surface area (Å²) in [5, 5.41) is 30.8. The molecule has 0 heterocycles. The van der Waals surface area contributed by atoms with Crippen LogP contribution in [0.1, 0.15) is 18.1 Å². The zero-order valence-corrected chi connectivity index (χ0v) is 8.44. The van der Waals surface area contributed by atoms with Crippen molar-refractivity contribution in [3.05, 3.63) is 35.9 Å². The maximum Gasteiger partial charge on any atom is 0.128 e. The second-order valence-corrected chi connectivity index (χ2v) is 3.18. The first kappa shape index (κ1) is 11.1. The van der Waals surface area contributed by atoms with Gasteiger partial charge in [0.05, 0.1) is 5.71 Å². The molecule has 1 aromatic rings. The van der Waals surface area contributed by atoms with E-state index < -0.39 is 0 Å². The number of allylic oxidation sites excluding steroid dienone is 1. The summed E-state index contributed by atoms with van der Waals surface area (Å²) in [5.41, 5.74) is 1.10. The van der Waals surface area contributed by atoms with Gasteiger partial charge in [0.25, 0.3) is 0 Å². The van der Waals surface area contributed by atoms with Gasteiger partial charge in [-0.2, -0.15) is 0 Å². The first-order valence-corrected chi connectivity index (χ1v) is 4.45. The van der Waals surface area contributed by atoms with Crippen LogP contribution in [0, 0.1) is 0 Å². The Labute approximate surface area is 87.8 Å². The summed E-state index contributed by atoms with van der Waals surface area (Å²) in [6, 6.07) is 2.79. The first-order chi connectivity index (χ1) is 7.10. The predicted octanol–water partition coefficient (Wildman–Crippen LogP) is 2.02. The number of hydrogen-bond donors (Lipinski definition) is 3. The molecular weight excluding hydrogens is 194 g/mol. The lowest BCUT2D eigenvalue weighted by Crippen LogP contribution is -1.97. The van der Waals surface area contributed by atoms with Gasteiger partial charge in [-0.25, -0.2) is 0 Å². The van der Waals surface area contributed by atoms with Gasteiger partial charge in [-0.1, -0.05) is 11.2 Å². The lowest BCUT2D eigenvalue weighted by atomic mass is 10.0. The van der Waals surface area contributed by atoms with Gasteiger partial charge in [-0.3, -0.25) is 0 Å². The molecule has 0 aliphatic rings. The molecule has 0 aliphatic carbocycles. The molecule has 0 saturated heterocycles. The lowest BCUT2D eigenvalue weighted by Gasteiger charge is -2.08. The Balaban J connectivity index is 3.34. The molecule has 1 aromatic carbocycles. The van der Waals surface area contributed by atoms with Crippen LogP contribution >= 0.6 is 0 Å². The molecule has 0 radical (unpaired) electrons. The van der Waals surface area contributed by atoms with E-state index in [0.29, 0.717) is 17.5 Å². The molecule has 0 amide bonds. The molecule has 3 N–H and O–H groups in total. The third kappa shape index (κ3) is 2.28. The van der Waals surface area contributed by atoms with E-state index in [-0.39, 0.29) is 17.2 Å². The highest BCUT2D eigenvalue weighted by Crippen LogP contribution is 2.28. The van der Waals surface area contributed by atoms with E-state index >= 15 is 0 Å². The van der Waals surface area contributed by atoms with Gasteiger partial charge in [-0.15, -0.1) is 6.58 Å². The Kier molecular flexibility index (Phi) is 3.33. The fraction of sp³-hybridized carbons (Fsp3) is 0.182. The van der Waals surface area contributed by atoms with Crippen LogP contribution < -0.4 is 0 Å². The standard InChI is InChI=1S/C11H13NO3/c1-3-4-8-5-9(13)6-10(11(8)14)7(2)12-15/h3,5-6,13-15H,1,4H2,2H3/b12-7+. The largest absolute Gasteiger partial charge is 0.508 e. The minimum Gasteiger partial charge on any atom is -0.508 e. The van der Waals surface area contributed by atoms with Crippen molar-refractivity contribution in [1.29, 1.82) is 0 Å². The topological polar surface area (TPSA) is 73.1 Å². The number of phenols is 2. The van der Waals surface area contributed by atoms with Crippen LogP contribution in [0.3, 0.4) is 0 Å². The van der Waals surface area contributed by atoms with Crippen molar-refractivity contribution in [2.45, 2.75) is 13.3 Å². The maximum absolute atomic E-state index is 9.80. The predicted molar refractivity (Wildman–Crippen MR) is 57.7 cm³/mol. The summed E-state index contributed by atoms with van der Waals surface area (Å²) >= 11 is 0. The van der Waals surface area contributed by atoms with E-state index in [1.807, 2.05) is 0 Å². The van der Waals surface area contributed by atoms with Crippen LogP contribution in [0.4, 0.5) is 0 Å². The van der Waals surface area contributed by atoms with Crippen molar-refractivity contribution in [2.75, 3.05) is 0 Å². The zero-order chi connectivity index (χ0) is 11.4. The van der Waals surface area contributed by atoms with Crippen LogP contribution in [0.5, 0.6) is 11.5 Å². The number of aromatic hydroxyl groups is 2. The molecule has 0 aromatic heterocycles. The Morgan fingerprint density at radius 1 is 1.47 bits per heavy atom. The Bertz CT molecular complexity index is 411. The van der Waals surface area contributed by atoms with Gasteiger partial charge < -0.3 is 15.4 Å². The molecule has 15 heavy (non-hydrogen) atoms. The molecule has 1 rings (SSSR count). The van der Waals surface area contributed by atoms with E-state index in [4.69, 9.17) is 5.21 Å². The van der Waals surface area contributed by atoms with Crippen LogP contribution in [-0.2, 0) is 6.42 Å². The molecule has 80 valence electrons. The van der Waals surface area contributed by atoms with Crippen molar-refractivity contribution >= 4 is 5.71 Å². The molecule has 4 heteroatoms. The molecule has 0 saturated carbocycles.